The molecule has 1 amide bonds. The molecule has 1 heterocycles. The fourth-order valence-corrected chi connectivity index (χ4v) is 2.25. The van der Waals surface area contributed by atoms with E-state index in [4.69, 9.17) is 11.5 Å². The van der Waals surface area contributed by atoms with Crippen molar-refractivity contribution in [3.63, 3.8) is 0 Å². The molecular formula is C12H14N4OS. The van der Waals surface area contributed by atoms with E-state index in [1.807, 2.05) is 18.4 Å². The van der Waals surface area contributed by atoms with E-state index in [1.165, 1.54) is 0 Å². The van der Waals surface area contributed by atoms with E-state index >= 15 is 0 Å². The van der Waals surface area contributed by atoms with Gasteiger partial charge >= 0.3 is 0 Å². The van der Waals surface area contributed by atoms with E-state index in [9.17, 15) is 4.79 Å². The highest BCUT2D eigenvalue weighted by Crippen LogP contribution is 2.18. The standard InChI is InChI=1S/C12H14N4OS/c1-7-6-18-11(16-7)5-15-8-2-3-10(13)9(4-8)12(14)17/h2-4,6,15H,5,13H2,1H3,(H2,14,17). The fourth-order valence-electron chi connectivity index (χ4n) is 1.54. The van der Waals surface area contributed by atoms with Crippen molar-refractivity contribution in [1.82, 2.24) is 4.98 Å². The molecule has 18 heavy (non-hydrogen) atoms. The summed E-state index contributed by atoms with van der Waals surface area (Å²) in [6, 6.07) is 5.12. The van der Waals surface area contributed by atoms with Crippen LogP contribution in [0.3, 0.4) is 0 Å². The van der Waals surface area contributed by atoms with Crippen molar-refractivity contribution in [2.45, 2.75) is 13.5 Å². The van der Waals surface area contributed by atoms with Crippen molar-refractivity contribution in [3.05, 3.63) is 39.8 Å². The van der Waals surface area contributed by atoms with Gasteiger partial charge in [0.25, 0.3) is 5.91 Å². The van der Waals surface area contributed by atoms with Crippen molar-refractivity contribution >= 4 is 28.6 Å². The van der Waals surface area contributed by atoms with Crippen LogP contribution in [0.5, 0.6) is 0 Å². The highest BCUT2D eigenvalue weighted by atomic mass is 32.1. The number of rotatable bonds is 4. The molecular weight excluding hydrogens is 248 g/mol. The summed E-state index contributed by atoms with van der Waals surface area (Å²) in [4.78, 5) is 15.5. The highest BCUT2D eigenvalue weighted by molar-refractivity contribution is 7.09. The fraction of sp³-hybridized carbons (Fsp3) is 0.167. The van der Waals surface area contributed by atoms with Gasteiger partial charge in [0.1, 0.15) is 5.01 Å². The maximum Gasteiger partial charge on any atom is 0.250 e. The van der Waals surface area contributed by atoms with E-state index in [1.54, 1.807) is 23.5 Å². The zero-order valence-corrected chi connectivity index (χ0v) is 10.8. The number of nitrogens with two attached hydrogens (primary N) is 2. The third kappa shape index (κ3) is 2.78. The maximum atomic E-state index is 11.2. The molecule has 0 aliphatic carbocycles. The molecule has 0 radical (unpaired) electrons. The van der Waals surface area contributed by atoms with Crippen LogP contribution in [0.15, 0.2) is 23.6 Å². The zero-order valence-electron chi connectivity index (χ0n) is 9.93. The number of hydrogen-bond donors (Lipinski definition) is 3. The lowest BCUT2D eigenvalue weighted by molar-refractivity contribution is 0.100. The molecule has 0 fully saturated rings. The summed E-state index contributed by atoms with van der Waals surface area (Å²) in [7, 11) is 0. The molecule has 0 aliphatic heterocycles. The molecule has 1 aromatic carbocycles. The number of aryl methyl sites for hydroxylation is 1. The molecule has 6 heteroatoms. The number of carbonyl (C=O) groups excluding carboxylic acids is 1. The minimum atomic E-state index is -0.527. The van der Waals surface area contributed by atoms with Crippen LogP contribution in [0.25, 0.3) is 0 Å². The average Bonchev–Trinajstić information content (AvgIpc) is 2.74. The SMILES string of the molecule is Cc1csc(CNc2ccc(N)c(C(N)=O)c2)n1. The number of amides is 1. The third-order valence-electron chi connectivity index (χ3n) is 2.43. The highest BCUT2D eigenvalue weighted by Gasteiger charge is 2.07. The Morgan fingerprint density at radius 3 is 2.89 bits per heavy atom. The normalized spacial score (nSPS) is 10.3. The van der Waals surface area contributed by atoms with Gasteiger partial charge in [-0.25, -0.2) is 4.98 Å². The smallest absolute Gasteiger partial charge is 0.250 e. The number of carbonyl (C=O) groups is 1. The summed E-state index contributed by atoms with van der Waals surface area (Å²) < 4.78 is 0. The summed E-state index contributed by atoms with van der Waals surface area (Å²) >= 11 is 1.59. The van der Waals surface area contributed by atoms with E-state index < -0.39 is 5.91 Å². The van der Waals surface area contributed by atoms with Gasteiger partial charge < -0.3 is 16.8 Å². The molecule has 0 aliphatic rings. The first-order valence-corrected chi connectivity index (χ1v) is 6.28. The Balaban J connectivity index is 2.10. The van der Waals surface area contributed by atoms with Crippen molar-refractivity contribution in [3.8, 4) is 0 Å². The first kappa shape index (κ1) is 12.4. The third-order valence-corrected chi connectivity index (χ3v) is 3.40. The van der Waals surface area contributed by atoms with Crippen LogP contribution in [-0.2, 0) is 6.54 Å². The number of nitrogen functional groups attached to an aromatic ring is 1. The molecule has 0 saturated heterocycles. The largest absolute Gasteiger partial charge is 0.398 e. The lowest BCUT2D eigenvalue weighted by Crippen LogP contribution is -2.14. The second kappa shape index (κ2) is 5.05. The summed E-state index contributed by atoms with van der Waals surface area (Å²) in [5.41, 5.74) is 13.4. The van der Waals surface area contributed by atoms with Gasteiger partial charge in [0.15, 0.2) is 0 Å². The molecule has 0 bridgehead atoms. The molecule has 2 aromatic rings. The number of anilines is 2. The second-order valence-corrected chi connectivity index (χ2v) is 4.85. The Hall–Kier alpha value is -2.08. The predicted octanol–water partition coefficient (Wildman–Crippen LogP) is 1.74. The van der Waals surface area contributed by atoms with Gasteiger partial charge in [-0.15, -0.1) is 11.3 Å². The minimum Gasteiger partial charge on any atom is -0.398 e. The van der Waals surface area contributed by atoms with E-state index in [0.717, 1.165) is 16.4 Å². The van der Waals surface area contributed by atoms with Gasteiger partial charge in [-0.05, 0) is 25.1 Å². The van der Waals surface area contributed by atoms with Crippen molar-refractivity contribution in [1.29, 1.82) is 0 Å². The molecule has 1 aromatic heterocycles. The Labute approximate surface area is 109 Å². The molecule has 94 valence electrons. The van der Waals surface area contributed by atoms with Gasteiger partial charge in [0.2, 0.25) is 0 Å². The van der Waals surface area contributed by atoms with Crippen LogP contribution in [0.2, 0.25) is 0 Å². The Bertz CT molecular complexity index is 579. The van der Waals surface area contributed by atoms with Crippen LogP contribution < -0.4 is 16.8 Å². The van der Waals surface area contributed by atoms with Gasteiger partial charge in [-0.3, -0.25) is 4.79 Å². The number of aromatic nitrogens is 1. The Morgan fingerprint density at radius 1 is 1.50 bits per heavy atom. The van der Waals surface area contributed by atoms with Crippen molar-refractivity contribution in [2.24, 2.45) is 5.73 Å². The number of benzene rings is 1. The summed E-state index contributed by atoms with van der Waals surface area (Å²) in [5, 5.41) is 6.17. The summed E-state index contributed by atoms with van der Waals surface area (Å²) in [6.45, 7) is 2.56. The molecule has 0 atom stereocenters. The van der Waals surface area contributed by atoms with Crippen LogP contribution in [0.1, 0.15) is 21.1 Å². The average molecular weight is 262 g/mol. The molecule has 0 unspecified atom stereocenters. The molecule has 0 spiro atoms. The van der Waals surface area contributed by atoms with Crippen LogP contribution in [0, 0.1) is 6.92 Å². The van der Waals surface area contributed by atoms with E-state index in [2.05, 4.69) is 10.3 Å². The predicted molar refractivity (Wildman–Crippen MR) is 73.5 cm³/mol. The lowest BCUT2D eigenvalue weighted by Gasteiger charge is -2.07. The van der Waals surface area contributed by atoms with Crippen LogP contribution in [0.4, 0.5) is 11.4 Å². The molecule has 5 nitrogen and oxygen atoms in total. The lowest BCUT2D eigenvalue weighted by atomic mass is 10.1. The molecule has 5 N–H and O–H groups in total. The Kier molecular flexibility index (Phi) is 3.47. The van der Waals surface area contributed by atoms with Gasteiger partial charge in [0, 0.05) is 22.4 Å². The quantitative estimate of drug-likeness (QED) is 0.731. The number of thiazole rings is 1. The zero-order chi connectivity index (χ0) is 13.1. The van der Waals surface area contributed by atoms with Crippen LogP contribution in [-0.4, -0.2) is 10.9 Å². The van der Waals surface area contributed by atoms with E-state index in [-0.39, 0.29) is 0 Å². The molecule has 0 saturated carbocycles. The van der Waals surface area contributed by atoms with Gasteiger partial charge in [-0.1, -0.05) is 0 Å². The van der Waals surface area contributed by atoms with E-state index in [0.29, 0.717) is 17.8 Å². The summed E-state index contributed by atoms with van der Waals surface area (Å²) in [6.07, 6.45) is 0. The number of nitrogens with one attached hydrogen (secondary N) is 1. The number of primary amides is 1. The first-order valence-electron chi connectivity index (χ1n) is 5.40. The van der Waals surface area contributed by atoms with Gasteiger partial charge in [0.05, 0.1) is 12.1 Å². The molecule has 2 rings (SSSR count). The van der Waals surface area contributed by atoms with Gasteiger partial charge in [-0.2, -0.15) is 0 Å². The second-order valence-electron chi connectivity index (χ2n) is 3.90. The first-order chi connectivity index (χ1) is 8.56. The monoisotopic (exact) mass is 262 g/mol. The maximum absolute atomic E-state index is 11.2. The Morgan fingerprint density at radius 2 is 2.28 bits per heavy atom. The minimum absolute atomic E-state index is 0.329. The topological polar surface area (TPSA) is 94.0 Å². The number of hydrogen-bond acceptors (Lipinski definition) is 5. The van der Waals surface area contributed by atoms with Crippen LogP contribution >= 0.6 is 11.3 Å². The summed E-state index contributed by atoms with van der Waals surface area (Å²) in [5.74, 6) is -0.527. The number of nitrogens with zero attached hydrogens (tertiary/aromatic N) is 1. The van der Waals surface area contributed by atoms with Crippen molar-refractivity contribution < 1.29 is 4.79 Å². The van der Waals surface area contributed by atoms with Crippen molar-refractivity contribution in [2.75, 3.05) is 11.1 Å².